The summed E-state index contributed by atoms with van der Waals surface area (Å²) in [7, 11) is 0. The van der Waals surface area contributed by atoms with Gasteiger partial charge in [-0.1, -0.05) is 37.3 Å². The summed E-state index contributed by atoms with van der Waals surface area (Å²) in [4.78, 5) is 45.9. The van der Waals surface area contributed by atoms with Crippen LogP contribution in [0.25, 0.3) is 0 Å². The van der Waals surface area contributed by atoms with E-state index in [0.29, 0.717) is 32.6 Å². The molecule has 0 bridgehead atoms. The van der Waals surface area contributed by atoms with Crippen LogP contribution in [0.15, 0.2) is 54.6 Å². The number of halogens is 1. The maximum absolute atomic E-state index is 13.3. The molecular weight excluding hydrogens is 423 g/mol. The summed E-state index contributed by atoms with van der Waals surface area (Å²) in [6.07, 6.45) is 0.453. The lowest BCUT2D eigenvalue weighted by Crippen LogP contribution is -2.61. The van der Waals surface area contributed by atoms with E-state index in [4.69, 9.17) is 0 Å². The molecule has 2 fully saturated rings. The number of rotatable bonds is 6. The molecule has 0 aromatic heterocycles. The third-order valence-corrected chi connectivity index (χ3v) is 6.39. The van der Waals surface area contributed by atoms with Gasteiger partial charge in [-0.25, -0.2) is 4.39 Å². The van der Waals surface area contributed by atoms with Crippen LogP contribution in [-0.2, 0) is 20.9 Å². The topological polar surface area (TPSA) is 64.2 Å². The first-order chi connectivity index (χ1) is 16.0. The predicted molar refractivity (Wildman–Crippen MR) is 123 cm³/mol. The minimum Gasteiger partial charge on any atom is -0.368 e. The van der Waals surface area contributed by atoms with Gasteiger partial charge in [-0.2, -0.15) is 0 Å². The molecule has 2 aliphatic heterocycles. The van der Waals surface area contributed by atoms with E-state index >= 15 is 0 Å². The van der Waals surface area contributed by atoms with Gasteiger partial charge in [-0.15, -0.1) is 0 Å². The lowest BCUT2D eigenvalue weighted by atomic mass is 10.1. The van der Waals surface area contributed by atoms with Gasteiger partial charge in [0.1, 0.15) is 11.9 Å². The number of carbonyl (C=O) groups excluding carboxylic acids is 3. The van der Waals surface area contributed by atoms with E-state index < -0.39 is 17.9 Å². The van der Waals surface area contributed by atoms with Crippen molar-refractivity contribution >= 4 is 23.4 Å². The Hall–Kier alpha value is -3.42. The Bertz CT molecular complexity index is 990. The standard InChI is InChI=1S/C25H29FN4O3/c1-2-22(23(31)28-14-12-27(13-15-28)21-6-4-3-5-7-21)30-17-16-29(24(32)25(30)33)18-19-8-10-20(26)11-9-19/h3-11,22H,2,12-18H2,1H3. The minimum absolute atomic E-state index is 0.0988. The van der Waals surface area contributed by atoms with Crippen molar-refractivity contribution in [3.8, 4) is 0 Å². The number of amides is 3. The Balaban J connectivity index is 1.36. The van der Waals surface area contributed by atoms with Gasteiger partial charge in [-0.05, 0) is 36.2 Å². The highest BCUT2D eigenvalue weighted by molar-refractivity contribution is 6.35. The van der Waals surface area contributed by atoms with E-state index in [2.05, 4.69) is 17.0 Å². The lowest BCUT2D eigenvalue weighted by Gasteiger charge is -2.41. The first-order valence-corrected chi connectivity index (χ1v) is 11.4. The van der Waals surface area contributed by atoms with E-state index in [1.807, 2.05) is 25.1 Å². The second kappa shape index (κ2) is 10.0. The van der Waals surface area contributed by atoms with Crippen molar-refractivity contribution < 1.29 is 18.8 Å². The number of anilines is 1. The number of hydrogen-bond donors (Lipinski definition) is 0. The second-order valence-electron chi connectivity index (χ2n) is 8.42. The van der Waals surface area contributed by atoms with Gasteiger partial charge in [0.2, 0.25) is 5.91 Å². The van der Waals surface area contributed by atoms with Crippen molar-refractivity contribution in [3.63, 3.8) is 0 Å². The fraction of sp³-hybridized carbons (Fsp3) is 0.400. The van der Waals surface area contributed by atoms with E-state index in [0.717, 1.165) is 24.3 Å². The zero-order valence-electron chi connectivity index (χ0n) is 18.8. The molecule has 1 atom stereocenters. The van der Waals surface area contributed by atoms with Crippen molar-refractivity contribution in [2.75, 3.05) is 44.2 Å². The number of carbonyl (C=O) groups is 3. The fourth-order valence-corrected chi connectivity index (χ4v) is 4.51. The van der Waals surface area contributed by atoms with Gasteiger partial charge in [-0.3, -0.25) is 14.4 Å². The van der Waals surface area contributed by atoms with Crippen LogP contribution in [0.1, 0.15) is 18.9 Å². The number of piperazine rings is 2. The van der Waals surface area contributed by atoms with Gasteiger partial charge in [0.05, 0.1) is 0 Å². The molecule has 1 unspecified atom stereocenters. The molecule has 0 N–H and O–H groups in total. The van der Waals surface area contributed by atoms with E-state index in [9.17, 15) is 18.8 Å². The van der Waals surface area contributed by atoms with E-state index in [1.54, 1.807) is 17.0 Å². The molecule has 8 heteroatoms. The number of benzene rings is 2. The molecule has 2 saturated heterocycles. The molecule has 0 spiro atoms. The van der Waals surface area contributed by atoms with Crippen LogP contribution in [0, 0.1) is 5.82 Å². The zero-order valence-corrected chi connectivity index (χ0v) is 18.8. The summed E-state index contributed by atoms with van der Waals surface area (Å²) in [5.74, 6) is -1.71. The Kier molecular flexibility index (Phi) is 6.91. The monoisotopic (exact) mass is 452 g/mol. The van der Waals surface area contributed by atoms with Crippen LogP contribution in [0.5, 0.6) is 0 Å². The number of hydrogen-bond acceptors (Lipinski definition) is 4. The Morgan fingerprint density at radius 2 is 1.55 bits per heavy atom. The molecule has 0 radical (unpaired) electrons. The summed E-state index contributed by atoms with van der Waals surface area (Å²) in [6, 6.07) is 15.3. The van der Waals surface area contributed by atoms with Crippen molar-refractivity contribution in [2.45, 2.75) is 25.9 Å². The molecule has 3 amide bonds. The van der Waals surface area contributed by atoms with Gasteiger partial charge < -0.3 is 19.6 Å². The second-order valence-corrected chi connectivity index (χ2v) is 8.42. The Morgan fingerprint density at radius 1 is 0.879 bits per heavy atom. The molecular formula is C25H29FN4O3. The fourth-order valence-electron chi connectivity index (χ4n) is 4.51. The summed E-state index contributed by atoms with van der Waals surface area (Å²) in [5.41, 5.74) is 1.89. The lowest BCUT2D eigenvalue weighted by molar-refractivity contribution is -0.161. The molecule has 174 valence electrons. The largest absolute Gasteiger partial charge is 0.368 e. The van der Waals surface area contributed by atoms with E-state index in [1.165, 1.54) is 21.9 Å². The SMILES string of the molecule is CCC(C(=O)N1CCN(c2ccccc2)CC1)N1CCN(Cc2ccc(F)cc2)C(=O)C1=O. The van der Waals surface area contributed by atoms with Crippen LogP contribution in [0.2, 0.25) is 0 Å². The molecule has 2 aromatic rings. The maximum Gasteiger partial charge on any atom is 0.312 e. The third-order valence-electron chi connectivity index (χ3n) is 6.39. The normalized spacial score (nSPS) is 18.0. The third kappa shape index (κ3) is 4.99. The first kappa shape index (κ1) is 22.8. The first-order valence-electron chi connectivity index (χ1n) is 11.4. The van der Waals surface area contributed by atoms with Crippen LogP contribution < -0.4 is 4.90 Å². The highest BCUT2D eigenvalue weighted by Gasteiger charge is 2.40. The van der Waals surface area contributed by atoms with Crippen molar-refractivity contribution in [3.05, 3.63) is 66.0 Å². The quantitative estimate of drug-likeness (QED) is 0.630. The Labute approximate surface area is 193 Å². The minimum atomic E-state index is -0.647. The van der Waals surface area contributed by atoms with Crippen molar-refractivity contribution in [1.29, 1.82) is 0 Å². The molecule has 7 nitrogen and oxygen atoms in total. The number of nitrogens with zero attached hydrogens (tertiary/aromatic N) is 4. The predicted octanol–water partition coefficient (Wildman–Crippen LogP) is 2.12. The zero-order chi connectivity index (χ0) is 23.4. The highest BCUT2D eigenvalue weighted by Crippen LogP contribution is 2.20. The maximum atomic E-state index is 13.3. The molecule has 2 aromatic carbocycles. The summed E-state index contributed by atoms with van der Waals surface area (Å²) in [6.45, 7) is 5.37. The average molecular weight is 453 g/mol. The molecule has 0 aliphatic carbocycles. The van der Waals surface area contributed by atoms with E-state index in [-0.39, 0.29) is 18.3 Å². The highest BCUT2D eigenvalue weighted by atomic mass is 19.1. The molecule has 0 saturated carbocycles. The van der Waals surface area contributed by atoms with Gasteiger partial charge in [0.15, 0.2) is 0 Å². The number of para-hydroxylation sites is 1. The smallest absolute Gasteiger partial charge is 0.312 e. The van der Waals surface area contributed by atoms with Gasteiger partial charge >= 0.3 is 11.8 Å². The summed E-state index contributed by atoms with van der Waals surface area (Å²) in [5, 5.41) is 0. The van der Waals surface area contributed by atoms with Crippen molar-refractivity contribution in [1.82, 2.24) is 14.7 Å². The van der Waals surface area contributed by atoms with Crippen molar-refractivity contribution in [2.24, 2.45) is 0 Å². The molecule has 4 rings (SSSR count). The van der Waals surface area contributed by atoms with Gasteiger partial charge in [0, 0.05) is 51.5 Å². The molecule has 2 heterocycles. The summed E-state index contributed by atoms with van der Waals surface area (Å²) >= 11 is 0. The average Bonchev–Trinajstić information content (AvgIpc) is 2.85. The van der Waals surface area contributed by atoms with Gasteiger partial charge in [0.25, 0.3) is 0 Å². The van der Waals surface area contributed by atoms with Crippen LogP contribution in [-0.4, -0.2) is 77.7 Å². The summed E-state index contributed by atoms with van der Waals surface area (Å²) < 4.78 is 13.1. The Morgan fingerprint density at radius 3 is 2.18 bits per heavy atom. The molecule has 33 heavy (non-hydrogen) atoms. The van der Waals surface area contributed by atoms with Crippen LogP contribution >= 0.6 is 0 Å². The van der Waals surface area contributed by atoms with Crippen LogP contribution in [0.3, 0.4) is 0 Å². The van der Waals surface area contributed by atoms with Crippen LogP contribution in [0.4, 0.5) is 10.1 Å². The molecule has 2 aliphatic rings.